The van der Waals surface area contributed by atoms with Crippen molar-refractivity contribution in [3.63, 3.8) is 0 Å². The largest absolute Gasteiger partial charge is 0.409 e. The Hall–Kier alpha value is -0.850. The van der Waals surface area contributed by atoms with Gasteiger partial charge in [0.25, 0.3) is 0 Å². The van der Waals surface area contributed by atoms with E-state index in [1.165, 1.54) is 0 Å². The van der Waals surface area contributed by atoms with Crippen LogP contribution in [0.15, 0.2) is 5.16 Å². The van der Waals surface area contributed by atoms with Crippen molar-refractivity contribution in [2.45, 2.75) is 25.8 Å². The normalized spacial score (nSPS) is 20.4. The van der Waals surface area contributed by atoms with Crippen molar-refractivity contribution in [2.24, 2.45) is 10.9 Å². The SMILES string of the molecule is CCC(NCCCN1CCOCC1)C(N)=NO. The van der Waals surface area contributed by atoms with Crippen LogP contribution >= 0.6 is 0 Å². The van der Waals surface area contributed by atoms with Crippen LogP contribution in [0.2, 0.25) is 0 Å². The molecule has 1 rings (SSSR count). The molecule has 1 atom stereocenters. The van der Waals surface area contributed by atoms with Crippen molar-refractivity contribution in [2.75, 3.05) is 39.4 Å². The first kappa shape index (κ1) is 14.2. The number of hydrogen-bond acceptors (Lipinski definition) is 5. The molecule has 0 aliphatic carbocycles. The quantitative estimate of drug-likeness (QED) is 0.190. The molecule has 0 aromatic rings. The Labute approximate surface area is 103 Å². The van der Waals surface area contributed by atoms with Crippen LogP contribution in [0.3, 0.4) is 0 Å². The third kappa shape index (κ3) is 5.34. The molecule has 1 aliphatic rings. The molecule has 1 fully saturated rings. The first-order valence-corrected chi connectivity index (χ1v) is 6.28. The van der Waals surface area contributed by atoms with Crippen LogP contribution in [0, 0.1) is 0 Å². The number of nitrogens with two attached hydrogens (primary N) is 1. The van der Waals surface area contributed by atoms with Gasteiger partial charge in [0.15, 0.2) is 5.84 Å². The van der Waals surface area contributed by atoms with Crippen molar-refractivity contribution >= 4 is 5.84 Å². The smallest absolute Gasteiger partial charge is 0.156 e. The summed E-state index contributed by atoms with van der Waals surface area (Å²) < 4.78 is 5.29. The van der Waals surface area contributed by atoms with E-state index in [4.69, 9.17) is 15.7 Å². The lowest BCUT2D eigenvalue weighted by atomic mass is 10.2. The van der Waals surface area contributed by atoms with Gasteiger partial charge in [-0.2, -0.15) is 0 Å². The van der Waals surface area contributed by atoms with E-state index < -0.39 is 0 Å². The predicted molar refractivity (Wildman–Crippen MR) is 67.4 cm³/mol. The Morgan fingerprint density at radius 2 is 2.24 bits per heavy atom. The fraction of sp³-hybridized carbons (Fsp3) is 0.909. The second kappa shape index (κ2) is 8.27. The van der Waals surface area contributed by atoms with E-state index in [2.05, 4.69) is 15.4 Å². The highest BCUT2D eigenvalue weighted by atomic mass is 16.5. The molecule has 1 saturated heterocycles. The number of rotatable bonds is 7. The van der Waals surface area contributed by atoms with E-state index in [1.807, 2.05) is 6.92 Å². The third-order valence-electron chi connectivity index (χ3n) is 3.03. The summed E-state index contributed by atoms with van der Waals surface area (Å²) in [7, 11) is 0. The van der Waals surface area contributed by atoms with E-state index in [9.17, 15) is 0 Å². The van der Waals surface area contributed by atoms with E-state index in [0.29, 0.717) is 0 Å². The highest BCUT2D eigenvalue weighted by Crippen LogP contribution is 1.98. The van der Waals surface area contributed by atoms with E-state index >= 15 is 0 Å². The van der Waals surface area contributed by atoms with Crippen molar-refractivity contribution in [1.29, 1.82) is 0 Å². The Morgan fingerprint density at radius 1 is 1.53 bits per heavy atom. The lowest BCUT2D eigenvalue weighted by Gasteiger charge is -2.26. The van der Waals surface area contributed by atoms with Gasteiger partial charge < -0.3 is 21.0 Å². The van der Waals surface area contributed by atoms with Gasteiger partial charge in [0.2, 0.25) is 0 Å². The molecule has 0 bridgehead atoms. The van der Waals surface area contributed by atoms with Gasteiger partial charge in [0.1, 0.15) is 0 Å². The summed E-state index contributed by atoms with van der Waals surface area (Å²) in [6.45, 7) is 7.70. The summed E-state index contributed by atoms with van der Waals surface area (Å²) in [5, 5.41) is 14.9. The lowest BCUT2D eigenvalue weighted by molar-refractivity contribution is 0.0374. The van der Waals surface area contributed by atoms with Crippen molar-refractivity contribution in [3.8, 4) is 0 Å². The molecule has 6 nitrogen and oxygen atoms in total. The van der Waals surface area contributed by atoms with E-state index in [0.717, 1.165) is 52.2 Å². The number of nitrogens with zero attached hydrogens (tertiary/aromatic N) is 2. The van der Waals surface area contributed by atoms with Crippen LogP contribution < -0.4 is 11.1 Å². The molecule has 4 N–H and O–H groups in total. The van der Waals surface area contributed by atoms with Gasteiger partial charge in [0, 0.05) is 13.1 Å². The van der Waals surface area contributed by atoms with E-state index in [-0.39, 0.29) is 11.9 Å². The molecule has 0 radical (unpaired) electrons. The second-order valence-electron chi connectivity index (χ2n) is 4.25. The van der Waals surface area contributed by atoms with E-state index in [1.54, 1.807) is 0 Å². The Bertz CT molecular complexity index is 230. The highest BCUT2D eigenvalue weighted by Gasteiger charge is 2.12. The summed E-state index contributed by atoms with van der Waals surface area (Å²) >= 11 is 0. The minimum absolute atomic E-state index is 0.0234. The van der Waals surface area contributed by atoms with Crippen molar-refractivity contribution < 1.29 is 9.94 Å². The zero-order chi connectivity index (χ0) is 12.5. The second-order valence-corrected chi connectivity index (χ2v) is 4.25. The molecule has 17 heavy (non-hydrogen) atoms. The molecular formula is C11H24N4O2. The first-order chi connectivity index (χ1) is 8.27. The first-order valence-electron chi connectivity index (χ1n) is 6.28. The number of nitrogens with one attached hydrogen (secondary N) is 1. The van der Waals surface area contributed by atoms with Crippen LogP contribution in [0.25, 0.3) is 0 Å². The summed E-state index contributed by atoms with van der Waals surface area (Å²) in [6, 6.07) is -0.0234. The number of amidine groups is 1. The monoisotopic (exact) mass is 244 g/mol. The van der Waals surface area contributed by atoms with Gasteiger partial charge in [-0.3, -0.25) is 4.90 Å². The molecule has 1 heterocycles. The zero-order valence-electron chi connectivity index (χ0n) is 10.6. The molecule has 0 saturated carbocycles. The summed E-state index contributed by atoms with van der Waals surface area (Å²) in [4.78, 5) is 2.40. The minimum Gasteiger partial charge on any atom is -0.409 e. The molecule has 0 aromatic carbocycles. The number of hydrogen-bond donors (Lipinski definition) is 3. The Balaban J connectivity index is 2.09. The minimum atomic E-state index is -0.0234. The summed E-state index contributed by atoms with van der Waals surface area (Å²) in [5.74, 6) is 0.263. The molecule has 0 spiro atoms. The van der Waals surface area contributed by atoms with Gasteiger partial charge in [-0.25, -0.2) is 0 Å². The van der Waals surface area contributed by atoms with Crippen LogP contribution in [0.1, 0.15) is 19.8 Å². The van der Waals surface area contributed by atoms with Gasteiger partial charge in [-0.15, -0.1) is 0 Å². The number of oxime groups is 1. The molecule has 100 valence electrons. The average molecular weight is 244 g/mol. The lowest BCUT2D eigenvalue weighted by Crippen LogP contribution is -2.43. The molecule has 0 aromatic heterocycles. The molecule has 6 heteroatoms. The predicted octanol–water partition coefficient (Wildman–Crippen LogP) is -0.177. The van der Waals surface area contributed by atoms with Crippen LogP contribution in [0.4, 0.5) is 0 Å². The van der Waals surface area contributed by atoms with Crippen molar-refractivity contribution in [3.05, 3.63) is 0 Å². The average Bonchev–Trinajstić information content (AvgIpc) is 2.39. The van der Waals surface area contributed by atoms with Crippen LogP contribution in [-0.4, -0.2) is 61.4 Å². The van der Waals surface area contributed by atoms with Gasteiger partial charge in [0.05, 0.1) is 19.3 Å². The maximum Gasteiger partial charge on any atom is 0.156 e. The third-order valence-corrected chi connectivity index (χ3v) is 3.03. The van der Waals surface area contributed by atoms with Gasteiger partial charge in [-0.05, 0) is 25.9 Å². The Kier molecular flexibility index (Phi) is 6.91. The zero-order valence-corrected chi connectivity index (χ0v) is 10.6. The fourth-order valence-electron chi connectivity index (χ4n) is 1.93. The van der Waals surface area contributed by atoms with Crippen LogP contribution in [-0.2, 0) is 4.74 Å². The number of morpholine rings is 1. The molecule has 0 amide bonds. The van der Waals surface area contributed by atoms with Gasteiger partial charge >= 0.3 is 0 Å². The van der Waals surface area contributed by atoms with Crippen molar-refractivity contribution in [1.82, 2.24) is 10.2 Å². The Morgan fingerprint density at radius 3 is 2.82 bits per heavy atom. The molecule has 1 aliphatic heterocycles. The molecular weight excluding hydrogens is 220 g/mol. The summed E-state index contributed by atoms with van der Waals surface area (Å²) in [6.07, 6.45) is 1.89. The number of ether oxygens (including phenoxy) is 1. The maximum absolute atomic E-state index is 8.60. The van der Waals surface area contributed by atoms with Gasteiger partial charge in [-0.1, -0.05) is 12.1 Å². The van der Waals surface area contributed by atoms with Crippen LogP contribution in [0.5, 0.6) is 0 Å². The standard InChI is InChI=1S/C11H24N4O2/c1-2-10(11(12)14-16)13-4-3-5-15-6-8-17-9-7-15/h10,13,16H,2-9H2,1H3,(H2,12,14). The maximum atomic E-state index is 8.60. The topological polar surface area (TPSA) is 83.1 Å². The fourth-order valence-corrected chi connectivity index (χ4v) is 1.93. The highest BCUT2D eigenvalue weighted by molar-refractivity contribution is 5.85. The molecule has 1 unspecified atom stereocenters. The summed E-state index contributed by atoms with van der Waals surface area (Å²) in [5.41, 5.74) is 5.56.